The first-order chi connectivity index (χ1) is 9.27. The second kappa shape index (κ2) is 5.04. The molecular weight excluding hydrogens is 299 g/mol. The van der Waals surface area contributed by atoms with Crippen molar-refractivity contribution >= 4 is 17.2 Å². The van der Waals surface area contributed by atoms with Crippen LogP contribution >= 0.6 is 11.3 Å². The minimum Gasteiger partial charge on any atom is -0.482 e. The van der Waals surface area contributed by atoms with Crippen molar-refractivity contribution in [3.63, 3.8) is 0 Å². The number of methoxy groups -OCH3 is 2. The molecule has 0 saturated heterocycles. The Kier molecular flexibility index (Phi) is 3.71. The summed E-state index contributed by atoms with van der Waals surface area (Å²) in [4.78, 5) is 7.18. The van der Waals surface area contributed by atoms with Crippen LogP contribution in [0, 0.1) is 0 Å². The number of ether oxygens (including phenoxy) is 2. The van der Waals surface area contributed by atoms with Crippen molar-refractivity contribution in [1.29, 1.82) is 0 Å². The summed E-state index contributed by atoms with van der Waals surface area (Å²) < 4.78 is 47.2. The van der Waals surface area contributed by atoms with Gasteiger partial charge < -0.3 is 19.9 Å². The number of aliphatic imine (C=N–C) groups is 1. The molecule has 110 valence electrons. The standard InChI is InChI=1S/C10H10F3N3O3S/c1-18-6-3-9(17,19-2)16-7(15-6)8-14-5(4-20-8)10(11,12)13/h3-4,17H,1-2H3,(H,15,16). The normalized spacial score (nSPS) is 22.9. The van der Waals surface area contributed by atoms with Crippen LogP contribution < -0.4 is 5.32 Å². The lowest BCUT2D eigenvalue weighted by Gasteiger charge is -2.25. The summed E-state index contributed by atoms with van der Waals surface area (Å²) in [6, 6.07) is 0. The summed E-state index contributed by atoms with van der Waals surface area (Å²) in [5.74, 6) is -2.01. The fraction of sp³-hybridized carbons (Fsp3) is 0.400. The Hall–Kier alpha value is -1.65. The van der Waals surface area contributed by atoms with Crippen LogP contribution in [0.2, 0.25) is 0 Å². The number of alkyl halides is 3. The maximum Gasteiger partial charge on any atom is 0.434 e. The average Bonchev–Trinajstić information content (AvgIpc) is 2.87. The van der Waals surface area contributed by atoms with Crippen molar-refractivity contribution in [2.45, 2.75) is 12.1 Å². The maximum absolute atomic E-state index is 12.5. The number of thiazole rings is 1. The third-order valence-electron chi connectivity index (χ3n) is 2.35. The van der Waals surface area contributed by atoms with Crippen molar-refractivity contribution in [2.75, 3.05) is 14.2 Å². The van der Waals surface area contributed by atoms with E-state index in [9.17, 15) is 18.3 Å². The summed E-state index contributed by atoms with van der Waals surface area (Å²) in [5, 5.41) is 13.3. The second-order valence-electron chi connectivity index (χ2n) is 3.70. The molecule has 1 aromatic heterocycles. The van der Waals surface area contributed by atoms with Gasteiger partial charge in [-0.1, -0.05) is 0 Å². The molecule has 0 aliphatic carbocycles. The van der Waals surface area contributed by atoms with Gasteiger partial charge in [-0.3, -0.25) is 0 Å². The van der Waals surface area contributed by atoms with E-state index in [4.69, 9.17) is 9.47 Å². The fourth-order valence-corrected chi connectivity index (χ4v) is 2.14. The Labute approximate surface area is 115 Å². The van der Waals surface area contributed by atoms with Crippen LogP contribution in [0.3, 0.4) is 0 Å². The molecule has 1 aliphatic heterocycles. The lowest BCUT2D eigenvalue weighted by atomic mass is 10.3. The van der Waals surface area contributed by atoms with Gasteiger partial charge in [0, 0.05) is 12.5 Å². The first kappa shape index (κ1) is 14.8. The highest BCUT2D eigenvalue weighted by Gasteiger charge is 2.36. The van der Waals surface area contributed by atoms with Crippen molar-refractivity contribution < 1.29 is 27.8 Å². The fourth-order valence-electron chi connectivity index (χ4n) is 1.37. The van der Waals surface area contributed by atoms with E-state index >= 15 is 0 Å². The lowest BCUT2D eigenvalue weighted by Crippen LogP contribution is -2.39. The molecule has 1 aromatic rings. The molecule has 6 nitrogen and oxygen atoms in total. The Balaban J connectivity index is 2.35. The first-order valence-electron chi connectivity index (χ1n) is 5.22. The van der Waals surface area contributed by atoms with Gasteiger partial charge in [-0.15, -0.1) is 11.3 Å². The molecule has 2 rings (SSSR count). The van der Waals surface area contributed by atoms with Crippen LogP contribution in [0.25, 0.3) is 0 Å². The molecule has 20 heavy (non-hydrogen) atoms. The number of hydrogen-bond donors (Lipinski definition) is 2. The molecule has 2 N–H and O–H groups in total. The SMILES string of the molecule is COC1=CC(O)(OC)N=C(c2nc(C(F)(F)F)cs2)N1. The molecule has 1 unspecified atom stereocenters. The van der Waals surface area contributed by atoms with Gasteiger partial charge in [-0.05, 0) is 0 Å². The van der Waals surface area contributed by atoms with E-state index in [-0.39, 0.29) is 16.7 Å². The highest BCUT2D eigenvalue weighted by Crippen LogP contribution is 2.30. The number of rotatable bonds is 3. The molecule has 0 fully saturated rings. The number of amidine groups is 1. The summed E-state index contributed by atoms with van der Waals surface area (Å²) in [6.07, 6.45) is -3.41. The Bertz CT molecular complexity index is 570. The van der Waals surface area contributed by atoms with Gasteiger partial charge >= 0.3 is 6.18 Å². The Morgan fingerprint density at radius 1 is 1.40 bits per heavy atom. The predicted molar refractivity (Wildman–Crippen MR) is 63.8 cm³/mol. The van der Waals surface area contributed by atoms with Gasteiger partial charge in [0.1, 0.15) is 0 Å². The number of halogens is 3. The van der Waals surface area contributed by atoms with Crippen LogP contribution in [-0.4, -0.2) is 36.1 Å². The number of nitrogens with one attached hydrogen (secondary N) is 1. The molecule has 0 aromatic carbocycles. The van der Waals surface area contributed by atoms with E-state index in [2.05, 4.69) is 15.3 Å². The van der Waals surface area contributed by atoms with Crippen molar-refractivity contribution in [2.24, 2.45) is 4.99 Å². The van der Waals surface area contributed by atoms with E-state index in [1.807, 2.05) is 0 Å². The maximum atomic E-state index is 12.5. The third kappa shape index (κ3) is 2.92. The van der Waals surface area contributed by atoms with Gasteiger partial charge in [0.05, 0.1) is 13.2 Å². The molecule has 0 radical (unpaired) electrons. The summed E-state index contributed by atoms with van der Waals surface area (Å²) in [6.45, 7) is 0. The molecule has 10 heteroatoms. The van der Waals surface area contributed by atoms with Crippen molar-refractivity contribution in [3.8, 4) is 0 Å². The zero-order valence-electron chi connectivity index (χ0n) is 10.4. The van der Waals surface area contributed by atoms with E-state index in [0.717, 1.165) is 22.8 Å². The van der Waals surface area contributed by atoms with Crippen LogP contribution in [0.15, 0.2) is 22.3 Å². The first-order valence-corrected chi connectivity index (χ1v) is 6.10. The quantitative estimate of drug-likeness (QED) is 0.823. The van der Waals surface area contributed by atoms with Gasteiger partial charge in [0.25, 0.3) is 5.91 Å². The number of aromatic nitrogens is 1. The second-order valence-corrected chi connectivity index (χ2v) is 4.55. The van der Waals surface area contributed by atoms with Gasteiger partial charge in [-0.25, -0.2) is 9.98 Å². The Morgan fingerprint density at radius 2 is 2.10 bits per heavy atom. The highest BCUT2D eigenvalue weighted by atomic mass is 32.1. The minimum absolute atomic E-state index is 0.0459. The van der Waals surface area contributed by atoms with Crippen LogP contribution in [0.1, 0.15) is 10.7 Å². The van der Waals surface area contributed by atoms with Crippen LogP contribution in [0.4, 0.5) is 13.2 Å². The molecular formula is C10H10F3N3O3S. The van der Waals surface area contributed by atoms with Crippen molar-refractivity contribution in [3.05, 3.63) is 28.0 Å². The molecule has 0 spiro atoms. The molecule has 0 saturated carbocycles. The molecule has 0 amide bonds. The zero-order chi connectivity index (χ0) is 15.0. The van der Waals surface area contributed by atoms with E-state index in [1.165, 1.54) is 14.2 Å². The molecule has 1 atom stereocenters. The highest BCUT2D eigenvalue weighted by molar-refractivity contribution is 7.11. The van der Waals surface area contributed by atoms with Crippen LogP contribution in [0.5, 0.6) is 0 Å². The summed E-state index contributed by atoms with van der Waals surface area (Å²) in [7, 11) is 2.51. The summed E-state index contributed by atoms with van der Waals surface area (Å²) >= 11 is 0.733. The number of aliphatic hydroxyl groups is 1. The molecule has 1 aliphatic rings. The third-order valence-corrected chi connectivity index (χ3v) is 3.20. The van der Waals surface area contributed by atoms with Gasteiger partial charge in [0.2, 0.25) is 0 Å². The molecule has 2 heterocycles. The number of nitrogens with zero attached hydrogens (tertiary/aromatic N) is 2. The van der Waals surface area contributed by atoms with E-state index in [1.54, 1.807) is 0 Å². The zero-order valence-corrected chi connectivity index (χ0v) is 11.2. The number of hydrogen-bond acceptors (Lipinski definition) is 7. The minimum atomic E-state index is -4.54. The van der Waals surface area contributed by atoms with Gasteiger partial charge in [-0.2, -0.15) is 13.2 Å². The summed E-state index contributed by atoms with van der Waals surface area (Å²) in [5.41, 5.74) is -1.03. The van der Waals surface area contributed by atoms with Crippen LogP contribution in [-0.2, 0) is 15.7 Å². The van der Waals surface area contributed by atoms with E-state index < -0.39 is 17.8 Å². The predicted octanol–water partition coefficient (Wildman–Crippen LogP) is 1.29. The largest absolute Gasteiger partial charge is 0.482 e. The topological polar surface area (TPSA) is 76.0 Å². The average molecular weight is 309 g/mol. The smallest absolute Gasteiger partial charge is 0.434 e. The van der Waals surface area contributed by atoms with Gasteiger partial charge in [0.15, 0.2) is 22.4 Å². The lowest BCUT2D eigenvalue weighted by molar-refractivity contribution is -0.141. The Morgan fingerprint density at radius 3 is 2.60 bits per heavy atom. The monoisotopic (exact) mass is 309 g/mol. The molecule has 0 bridgehead atoms. The van der Waals surface area contributed by atoms with Crippen molar-refractivity contribution in [1.82, 2.24) is 10.3 Å². The van der Waals surface area contributed by atoms with E-state index in [0.29, 0.717) is 0 Å².